The van der Waals surface area contributed by atoms with E-state index in [4.69, 9.17) is 4.74 Å². The summed E-state index contributed by atoms with van der Waals surface area (Å²) in [5.74, 6) is -0.662. The second-order valence-corrected chi connectivity index (χ2v) is 5.86. The highest BCUT2D eigenvalue weighted by Crippen LogP contribution is 2.26. The maximum atomic E-state index is 11.4. The minimum Gasteiger partial charge on any atom is -0.477 e. The highest BCUT2D eigenvalue weighted by Gasteiger charge is 2.21. The van der Waals surface area contributed by atoms with Gasteiger partial charge in [0.2, 0.25) is 5.88 Å². The number of nitrogens with zero attached hydrogens (tertiary/aromatic N) is 2. The summed E-state index contributed by atoms with van der Waals surface area (Å²) in [5, 5.41) is 9.31. The normalized spacial score (nSPS) is 18.5. The predicted molar refractivity (Wildman–Crippen MR) is 79.0 cm³/mol. The van der Waals surface area contributed by atoms with Gasteiger partial charge in [0.15, 0.2) is 0 Å². The van der Waals surface area contributed by atoms with Crippen molar-refractivity contribution in [3.63, 3.8) is 0 Å². The van der Waals surface area contributed by atoms with E-state index in [1.807, 2.05) is 0 Å². The Kier molecular flexibility index (Phi) is 4.39. The number of hydrogen-bond donors (Lipinski definition) is 1. The number of likely N-dealkylation sites (tertiary alicyclic amines) is 1. The van der Waals surface area contributed by atoms with E-state index >= 15 is 0 Å². The van der Waals surface area contributed by atoms with E-state index in [0.29, 0.717) is 12.5 Å². The smallest absolute Gasteiger partial charge is 0.341 e. The Bertz CT molecular complexity index is 524. The number of aromatic carboxylic acids is 1. The highest BCUT2D eigenvalue weighted by atomic mass is 16.5. The van der Waals surface area contributed by atoms with Crippen LogP contribution >= 0.6 is 0 Å². The van der Waals surface area contributed by atoms with Crippen LogP contribution in [0.3, 0.4) is 0 Å². The highest BCUT2D eigenvalue weighted by molar-refractivity contribution is 5.90. The molecule has 114 valence electrons. The number of carboxylic acids is 1. The summed E-state index contributed by atoms with van der Waals surface area (Å²) in [6.45, 7) is 3.59. The van der Waals surface area contributed by atoms with Crippen molar-refractivity contribution in [2.75, 3.05) is 26.2 Å². The van der Waals surface area contributed by atoms with Gasteiger partial charge < -0.3 is 9.84 Å². The molecule has 0 bridgehead atoms. The van der Waals surface area contributed by atoms with Crippen LogP contribution in [0.4, 0.5) is 0 Å². The van der Waals surface area contributed by atoms with Gasteiger partial charge in [0.05, 0.1) is 0 Å². The lowest BCUT2D eigenvalue weighted by atomic mass is 10.1. The summed E-state index contributed by atoms with van der Waals surface area (Å²) in [6.07, 6.45) is 6.72. The number of piperidine rings is 1. The van der Waals surface area contributed by atoms with E-state index in [0.717, 1.165) is 50.2 Å². The van der Waals surface area contributed by atoms with Crippen LogP contribution in [0, 0.1) is 0 Å². The van der Waals surface area contributed by atoms with Gasteiger partial charge in [-0.25, -0.2) is 9.78 Å². The third kappa shape index (κ3) is 3.35. The molecular formula is C16H22N2O3. The Hall–Kier alpha value is -1.62. The number of aryl methyl sites for hydroxylation is 2. The lowest BCUT2D eigenvalue weighted by Crippen LogP contribution is -2.33. The summed E-state index contributed by atoms with van der Waals surface area (Å²) in [4.78, 5) is 18.2. The first-order valence-electron chi connectivity index (χ1n) is 7.85. The van der Waals surface area contributed by atoms with Gasteiger partial charge in [-0.1, -0.05) is 6.42 Å². The molecule has 0 atom stereocenters. The number of carboxylic acid groups (broad SMARTS) is 1. The molecule has 1 saturated heterocycles. The molecule has 1 aromatic heterocycles. The van der Waals surface area contributed by atoms with Gasteiger partial charge in [0.1, 0.15) is 12.2 Å². The number of hydrogen-bond acceptors (Lipinski definition) is 4. The summed E-state index contributed by atoms with van der Waals surface area (Å²) in [7, 11) is 0. The van der Waals surface area contributed by atoms with Crippen molar-refractivity contribution in [1.82, 2.24) is 9.88 Å². The summed E-state index contributed by atoms with van der Waals surface area (Å²) < 4.78 is 5.69. The summed E-state index contributed by atoms with van der Waals surface area (Å²) >= 11 is 0. The molecule has 1 aliphatic carbocycles. The average Bonchev–Trinajstić information content (AvgIpc) is 2.94. The minimum absolute atomic E-state index is 0.203. The number of pyridine rings is 1. The topological polar surface area (TPSA) is 62.7 Å². The van der Waals surface area contributed by atoms with E-state index in [2.05, 4.69) is 9.88 Å². The number of aromatic nitrogens is 1. The number of ether oxygens (including phenoxy) is 1. The third-order valence-electron chi connectivity index (χ3n) is 4.34. The monoisotopic (exact) mass is 290 g/mol. The molecule has 21 heavy (non-hydrogen) atoms. The molecule has 2 aliphatic rings. The molecule has 1 aromatic rings. The van der Waals surface area contributed by atoms with Crippen LogP contribution in [0.5, 0.6) is 5.88 Å². The average molecular weight is 290 g/mol. The molecule has 0 radical (unpaired) electrons. The van der Waals surface area contributed by atoms with Crippen LogP contribution in [0.25, 0.3) is 0 Å². The van der Waals surface area contributed by atoms with Crippen molar-refractivity contribution in [3.05, 3.63) is 22.9 Å². The van der Waals surface area contributed by atoms with Gasteiger partial charge in [-0.3, -0.25) is 4.90 Å². The lowest BCUT2D eigenvalue weighted by molar-refractivity contribution is 0.0690. The number of carbonyl (C=O) groups is 1. The molecule has 0 saturated carbocycles. The molecule has 1 N–H and O–H groups in total. The van der Waals surface area contributed by atoms with Crippen LogP contribution in [0.15, 0.2) is 6.07 Å². The SMILES string of the molecule is O=C(O)c1cc2c(nc1OCCN1CCCCC1)CCC2. The van der Waals surface area contributed by atoms with Crippen LogP contribution in [0.2, 0.25) is 0 Å². The molecule has 0 amide bonds. The second kappa shape index (κ2) is 6.43. The minimum atomic E-state index is -0.954. The fourth-order valence-corrected chi connectivity index (χ4v) is 3.17. The van der Waals surface area contributed by atoms with E-state index in [1.165, 1.54) is 19.3 Å². The molecule has 3 rings (SSSR count). The first-order valence-corrected chi connectivity index (χ1v) is 7.85. The molecule has 1 fully saturated rings. The Morgan fingerprint density at radius 2 is 2.05 bits per heavy atom. The van der Waals surface area contributed by atoms with E-state index < -0.39 is 5.97 Å². The van der Waals surface area contributed by atoms with Gasteiger partial charge in [0, 0.05) is 12.2 Å². The van der Waals surface area contributed by atoms with Gasteiger partial charge >= 0.3 is 5.97 Å². The molecule has 5 heteroatoms. The Balaban J connectivity index is 1.65. The first-order chi connectivity index (χ1) is 10.2. The zero-order valence-corrected chi connectivity index (χ0v) is 12.3. The van der Waals surface area contributed by atoms with Crippen molar-refractivity contribution in [2.45, 2.75) is 38.5 Å². The number of fused-ring (bicyclic) bond motifs is 1. The van der Waals surface area contributed by atoms with Gasteiger partial charge in [0.25, 0.3) is 0 Å². The Morgan fingerprint density at radius 3 is 2.81 bits per heavy atom. The quantitative estimate of drug-likeness (QED) is 0.900. The number of rotatable bonds is 5. The summed E-state index contributed by atoms with van der Waals surface area (Å²) in [6, 6.07) is 1.74. The van der Waals surface area contributed by atoms with Gasteiger partial charge in [-0.05, 0) is 56.8 Å². The molecule has 1 aliphatic heterocycles. The van der Waals surface area contributed by atoms with Crippen molar-refractivity contribution in [1.29, 1.82) is 0 Å². The second-order valence-electron chi connectivity index (χ2n) is 5.86. The predicted octanol–water partition coefficient (Wildman–Crippen LogP) is 2.13. The van der Waals surface area contributed by atoms with Gasteiger partial charge in [-0.2, -0.15) is 0 Å². The standard InChI is InChI=1S/C16H22N2O3/c19-16(20)13-11-12-5-4-6-14(12)17-15(13)21-10-9-18-7-2-1-3-8-18/h11H,1-10H2,(H,19,20). The molecule has 5 nitrogen and oxygen atoms in total. The van der Waals surface area contributed by atoms with Crippen LogP contribution in [-0.4, -0.2) is 47.2 Å². The lowest BCUT2D eigenvalue weighted by Gasteiger charge is -2.26. The van der Waals surface area contributed by atoms with Crippen molar-refractivity contribution < 1.29 is 14.6 Å². The molecular weight excluding hydrogens is 268 g/mol. The van der Waals surface area contributed by atoms with Gasteiger partial charge in [-0.15, -0.1) is 0 Å². The van der Waals surface area contributed by atoms with Crippen molar-refractivity contribution >= 4 is 5.97 Å². The molecule has 2 heterocycles. The first kappa shape index (κ1) is 14.3. The third-order valence-corrected chi connectivity index (χ3v) is 4.34. The largest absolute Gasteiger partial charge is 0.477 e. The Morgan fingerprint density at radius 1 is 1.24 bits per heavy atom. The Labute approximate surface area is 124 Å². The van der Waals surface area contributed by atoms with Crippen LogP contribution in [-0.2, 0) is 12.8 Å². The molecule has 0 spiro atoms. The fourth-order valence-electron chi connectivity index (χ4n) is 3.17. The van der Waals surface area contributed by atoms with Crippen LogP contribution < -0.4 is 4.74 Å². The zero-order chi connectivity index (χ0) is 14.7. The summed E-state index contributed by atoms with van der Waals surface area (Å²) in [5.41, 5.74) is 2.28. The zero-order valence-electron chi connectivity index (χ0n) is 12.3. The van der Waals surface area contributed by atoms with Crippen molar-refractivity contribution in [3.8, 4) is 5.88 Å². The maximum absolute atomic E-state index is 11.4. The van der Waals surface area contributed by atoms with Crippen LogP contribution in [0.1, 0.15) is 47.3 Å². The van der Waals surface area contributed by atoms with E-state index in [-0.39, 0.29) is 5.56 Å². The van der Waals surface area contributed by atoms with E-state index in [1.54, 1.807) is 6.07 Å². The molecule has 0 aromatic carbocycles. The fraction of sp³-hybridized carbons (Fsp3) is 0.625. The maximum Gasteiger partial charge on any atom is 0.341 e. The van der Waals surface area contributed by atoms with Crippen molar-refractivity contribution in [2.24, 2.45) is 0 Å². The molecule has 0 unspecified atom stereocenters. The van der Waals surface area contributed by atoms with E-state index in [9.17, 15) is 9.90 Å².